The van der Waals surface area contributed by atoms with Crippen molar-refractivity contribution in [1.29, 1.82) is 0 Å². The Balaban J connectivity index is 1.42. The maximum atomic E-state index is 13.6. The first-order valence-corrected chi connectivity index (χ1v) is 17.3. The van der Waals surface area contributed by atoms with Crippen LogP contribution < -0.4 is 0 Å². The number of hydrogen-bond donors (Lipinski definition) is 0. The van der Waals surface area contributed by atoms with Crippen molar-refractivity contribution in [3.63, 3.8) is 0 Å². The van der Waals surface area contributed by atoms with Crippen molar-refractivity contribution in [1.82, 2.24) is 19.7 Å². The van der Waals surface area contributed by atoms with Gasteiger partial charge in [0, 0.05) is 38.4 Å². The maximum Gasteiger partial charge on any atom is 0.451 e. The predicted octanol–water partition coefficient (Wildman–Crippen LogP) is 7.59. The molecule has 3 aromatic rings. The second-order valence-electron chi connectivity index (χ2n) is 11.8. The van der Waals surface area contributed by atoms with Crippen LogP contribution in [0.3, 0.4) is 0 Å². The van der Waals surface area contributed by atoms with Crippen LogP contribution in [0.5, 0.6) is 0 Å². The van der Waals surface area contributed by atoms with E-state index in [9.17, 15) is 18.0 Å². The summed E-state index contributed by atoms with van der Waals surface area (Å²) in [6.45, 7) is 8.29. The predicted molar refractivity (Wildman–Crippen MR) is 148 cm³/mol. The van der Waals surface area contributed by atoms with Crippen molar-refractivity contribution in [3.8, 4) is 22.6 Å². The molecule has 1 aliphatic carbocycles. The third kappa shape index (κ3) is 8.08. The first kappa shape index (κ1) is 29.1. The van der Waals surface area contributed by atoms with Crippen LogP contribution >= 0.6 is 0 Å². The van der Waals surface area contributed by atoms with E-state index in [0.717, 1.165) is 47.7 Å². The van der Waals surface area contributed by atoms with Gasteiger partial charge in [-0.2, -0.15) is 13.2 Å². The van der Waals surface area contributed by atoms with Gasteiger partial charge in [-0.3, -0.25) is 4.98 Å². The number of pyridine rings is 1. The molecule has 10 heteroatoms. The Morgan fingerprint density at radius 1 is 1.03 bits per heavy atom. The first-order valence-electron chi connectivity index (χ1n) is 13.5. The molecule has 1 saturated carbocycles. The van der Waals surface area contributed by atoms with Gasteiger partial charge in [0.15, 0.2) is 5.82 Å². The standard InChI is InChI=1S/C29H37F3N4O2Si/c1-20(37)17-21-5-7-22(8-6-21)23-9-11-24(12-10-23)26-14-13-25(18-33-26)27-34-28(29(30,31)32)36(35-27)19-38-15-16-39(2,3)4/h9-14,18,21-22H,5-8,15-17,19H2,1-4H3/t21-,22-. The highest BCUT2D eigenvalue weighted by Crippen LogP contribution is 2.37. The highest BCUT2D eigenvalue weighted by molar-refractivity contribution is 6.76. The van der Waals surface area contributed by atoms with E-state index in [2.05, 4.69) is 46.8 Å². The molecule has 2 aromatic heterocycles. The van der Waals surface area contributed by atoms with Crippen molar-refractivity contribution in [2.45, 2.75) is 83.5 Å². The minimum absolute atomic E-state index is 0.0362. The molecule has 1 aliphatic rings. The second-order valence-corrected chi connectivity index (χ2v) is 17.4. The zero-order valence-corrected chi connectivity index (χ0v) is 24.1. The molecule has 0 radical (unpaired) electrons. The lowest BCUT2D eigenvalue weighted by molar-refractivity contribution is -0.150. The lowest BCUT2D eigenvalue weighted by Gasteiger charge is -2.28. The highest BCUT2D eigenvalue weighted by atomic mass is 28.3. The van der Waals surface area contributed by atoms with Crippen molar-refractivity contribution in [3.05, 3.63) is 54.0 Å². The molecule has 0 N–H and O–H groups in total. The fourth-order valence-corrected chi connectivity index (χ4v) is 5.78. The van der Waals surface area contributed by atoms with E-state index in [1.807, 2.05) is 12.1 Å². The first-order chi connectivity index (χ1) is 18.4. The minimum Gasteiger partial charge on any atom is -0.359 e. The summed E-state index contributed by atoms with van der Waals surface area (Å²) in [4.78, 5) is 19.6. The number of aromatic nitrogens is 4. The zero-order valence-electron chi connectivity index (χ0n) is 23.1. The molecule has 0 bridgehead atoms. The van der Waals surface area contributed by atoms with Crippen LogP contribution in [0.25, 0.3) is 22.6 Å². The third-order valence-corrected chi connectivity index (χ3v) is 8.96. The van der Waals surface area contributed by atoms with Gasteiger partial charge in [-0.05, 0) is 68.2 Å². The quantitative estimate of drug-likeness (QED) is 0.189. The average molecular weight is 559 g/mol. The number of halogens is 3. The molecule has 39 heavy (non-hydrogen) atoms. The summed E-state index contributed by atoms with van der Waals surface area (Å²) in [6.07, 6.45) is 1.90. The number of carbonyl (C=O) groups is 1. The number of nitrogens with zero attached hydrogens (tertiary/aromatic N) is 4. The smallest absolute Gasteiger partial charge is 0.359 e. The van der Waals surface area contributed by atoms with Gasteiger partial charge in [-0.1, -0.05) is 43.9 Å². The summed E-state index contributed by atoms with van der Waals surface area (Å²) in [5.41, 5.74) is 3.35. The molecule has 0 saturated heterocycles. The van der Waals surface area contributed by atoms with Crippen molar-refractivity contribution < 1.29 is 22.7 Å². The molecule has 210 valence electrons. The lowest BCUT2D eigenvalue weighted by atomic mass is 9.77. The van der Waals surface area contributed by atoms with Crippen LogP contribution in [-0.2, 0) is 22.4 Å². The Bertz CT molecular complexity index is 1240. The topological polar surface area (TPSA) is 69.9 Å². The number of rotatable bonds is 10. The molecule has 0 amide bonds. The Morgan fingerprint density at radius 3 is 2.26 bits per heavy atom. The van der Waals surface area contributed by atoms with Crippen LogP contribution in [0.2, 0.25) is 25.7 Å². The van der Waals surface area contributed by atoms with E-state index >= 15 is 0 Å². The third-order valence-electron chi connectivity index (χ3n) is 7.26. The summed E-state index contributed by atoms with van der Waals surface area (Å²) in [5, 5.41) is 4.08. The van der Waals surface area contributed by atoms with Gasteiger partial charge >= 0.3 is 6.18 Å². The van der Waals surface area contributed by atoms with E-state index in [1.165, 1.54) is 11.8 Å². The Morgan fingerprint density at radius 2 is 1.69 bits per heavy atom. The molecular weight excluding hydrogens is 521 g/mol. The largest absolute Gasteiger partial charge is 0.451 e. The van der Waals surface area contributed by atoms with Crippen molar-refractivity contribution in [2.24, 2.45) is 5.92 Å². The summed E-state index contributed by atoms with van der Waals surface area (Å²) in [5.74, 6) is 0.164. The molecule has 0 aliphatic heterocycles. The van der Waals surface area contributed by atoms with Crippen LogP contribution in [0, 0.1) is 5.92 Å². The highest BCUT2D eigenvalue weighted by Gasteiger charge is 2.38. The van der Waals surface area contributed by atoms with Crippen LogP contribution in [0.1, 0.15) is 56.3 Å². The summed E-state index contributed by atoms with van der Waals surface area (Å²) in [7, 11) is -1.36. The number of Topliss-reactive ketones (excluding diaryl/α,β-unsaturated/α-hetero) is 1. The molecule has 6 nitrogen and oxygen atoms in total. The van der Waals surface area contributed by atoms with Gasteiger partial charge in [-0.15, -0.1) is 5.10 Å². The van der Waals surface area contributed by atoms with E-state index in [1.54, 1.807) is 19.1 Å². The SMILES string of the molecule is CC(=O)C[C@H]1CC[C@H](c2ccc(-c3ccc(-c4nc(C(F)(F)F)n(COCC[Si](C)(C)C)n4)cn3)cc2)CC1. The van der Waals surface area contributed by atoms with Gasteiger partial charge in [0.1, 0.15) is 12.5 Å². The maximum absolute atomic E-state index is 13.6. The van der Waals surface area contributed by atoms with Crippen LogP contribution in [0.4, 0.5) is 13.2 Å². The van der Waals surface area contributed by atoms with Crippen LogP contribution in [0.15, 0.2) is 42.6 Å². The van der Waals surface area contributed by atoms with E-state index in [-0.39, 0.29) is 18.3 Å². The fourth-order valence-electron chi connectivity index (χ4n) is 5.02. The summed E-state index contributed by atoms with van der Waals surface area (Å²) in [6, 6.07) is 12.6. The van der Waals surface area contributed by atoms with Crippen LogP contribution in [-0.4, -0.2) is 40.2 Å². The second kappa shape index (κ2) is 12.1. The Kier molecular flexibility index (Phi) is 9.06. The molecule has 0 atom stereocenters. The van der Waals surface area contributed by atoms with Gasteiger partial charge in [0.05, 0.1) is 5.69 Å². The number of benzene rings is 1. The number of ether oxygens (including phenoxy) is 1. The normalized spacial score (nSPS) is 18.3. The fraction of sp³-hybridized carbons (Fsp3) is 0.517. The van der Waals surface area contributed by atoms with Gasteiger partial charge in [0.25, 0.3) is 0 Å². The molecule has 0 unspecified atom stereocenters. The number of ketones is 1. The minimum atomic E-state index is -4.64. The molecule has 1 fully saturated rings. The summed E-state index contributed by atoms with van der Waals surface area (Å²) >= 11 is 0. The zero-order chi connectivity index (χ0) is 28.2. The van der Waals surface area contributed by atoms with Gasteiger partial charge in [-0.25, -0.2) is 9.67 Å². The Hall–Kier alpha value is -2.85. The van der Waals surface area contributed by atoms with E-state index in [0.29, 0.717) is 30.4 Å². The van der Waals surface area contributed by atoms with Crippen molar-refractivity contribution in [2.75, 3.05) is 6.61 Å². The lowest BCUT2D eigenvalue weighted by Crippen LogP contribution is -2.23. The summed E-state index contributed by atoms with van der Waals surface area (Å²) < 4.78 is 47.1. The average Bonchev–Trinajstić information content (AvgIpc) is 3.32. The monoisotopic (exact) mass is 558 g/mol. The van der Waals surface area contributed by atoms with E-state index in [4.69, 9.17) is 4.74 Å². The van der Waals surface area contributed by atoms with Crippen molar-refractivity contribution >= 4 is 13.9 Å². The number of hydrogen-bond acceptors (Lipinski definition) is 5. The molecule has 1 aromatic carbocycles. The molecule has 0 spiro atoms. The van der Waals surface area contributed by atoms with E-state index < -0.39 is 20.1 Å². The Labute approximate surface area is 229 Å². The molecular formula is C29H37F3N4O2Si. The van der Waals surface area contributed by atoms with Gasteiger partial charge in [0.2, 0.25) is 5.82 Å². The molecule has 4 rings (SSSR count). The van der Waals surface area contributed by atoms with Gasteiger partial charge < -0.3 is 9.53 Å². The molecule has 2 heterocycles. The number of alkyl halides is 3. The number of carbonyl (C=O) groups excluding carboxylic acids is 1.